The van der Waals surface area contributed by atoms with Crippen molar-refractivity contribution < 1.29 is 14.3 Å². The van der Waals surface area contributed by atoms with E-state index in [0.29, 0.717) is 18.8 Å². The van der Waals surface area contributed by atoms with E-state index in [1.165, 1.54) is 0 Å². The van der Waals surface area contributed by atoms with E-state index >= 15 is 0 Å². The molecule has 7 heteroatoms. The van der Waals surface area contributed by atoms with Crippen molar-refractivity contribution in [3.63, 3.8) is 0 Å². The number of benzene rings is 2. The number of thiophene rings is 1. The molecule has 0 radical (unpaired) electrons. The minimum Gasteiger partial charge on any atom is -0.477 e. The fourth-order valence-electron chi connectivity index (χ4n) is 3.76. The zero-order chi connectivity index (χ0) is 22.3. The molecule has 166 valence electrons. The van der Waals surface area contributed by atoms with Gasteiger partial charge in [0, 0.05) is 11.4 Å². The third-order valence-electron chi connectivity index (χ3n) is 5.30. The Labute approximate surface area is 192 Å². The second-order valence-electron chi connectivity index (χ2n) is 7.67. The SMILES string of the molecule is CCCNC(=O)[C@H]1CN(CC(=O)N[C@H](c2ccccc2)c2cccs2)c2ccccc2O1. The van der Waals surface area contributed by atoms with Crippen LogP contribution in [-0.4, -0.2) is 37.6 Å². The largest absolute Gasteiger partial charge is 0.477 e. The van der Waals surface area contributed by atoms with Gasteiger partial charge in [-0.1, -0.05) is 55.5 Å². The molecule has 2 N–H and O–H groups in total. The number of hydrogen-bond donors (Lipinski definition) is 2. The number of para-hydroxylation sites is 2. The molecule has 2 atom stereocenters. The van der Waals surface area contributed by atoms with E-state index in [1.54, 1.807) is 11.3 Å². The Morgan fingerprint density at radius 2 is 1.88 bits per heavy atom. The number of hydrogen-bond acceptors (Lipinski definition) is 5. The zero-order valence-corrected chi connectivity index (χ0v) is 18.8. The quantitative estimate of drug-likeness (QED) is 0.550. The highest BCUT2D eigenvalue weighted by atomic mass is 32.1. The Morgan fingerprint density at radius 3 is 2.62 bits per heavy atom. The fourth-order valence-corrected chi connectivity index (χ4v) is 4.56. The molecular formula is C25H27N3O3S. The van der Waals surface area contributed by atoms with Crippen molar-refractivity contribution in [3.05, 3.63) is 82.6 Å². The van der Waals surface area contributed by atoms with Crippen LogP contribution in [0.3, 0.4) is 0 Å². The lowest BCUT2D eigenvalue weighted by molar-refractivity contribution is -0.128. The molecule has 0 saturated carbocycles. The maximum Gasteiger partial charge on any atom is 0.262 e. The highest BCUT2D eigenvalue weighted by molar-refractivity contribution is 7.10. The van der Waals surface area contributed by atoms with Crippen molar-refractivity contribution in [1.82, 2.24) is 10.6 Å². The lowest BCUT2D eigenvalue weighted by atomic mass is 10.1. The first-order chi connectivity index (χ1) is 15.7. The number of anilines is 1. The summed E-state index contributed by atoms with van der Waals surface area (Å²) in [4.78, 5) is 28.7. The van der Waals surface area contributed by atoms with Crippen molar-refractivity contribution in [2.75, 3.05) is 24.5 Å². The number of carbonyl (C=O) groups excluding carboxylic acids is 2. The average molecular weight is 450 g/mol. The van der Waals surface area contributed by atoms with Crippen molar-refractivity contribution in [3.8, 4) is 5.75 Å². The number of fused-ring (bicyclic) bond motifs is 1. The maximum atomic E-state index is 13.2. The molecule has 0 saturated heterocycles. The Hall–Kier alpha value is -3.32. The first-order valence-electron chi connectivity index (χ1n) is 10.8. The van der Waals surface area contributed by atoms with Crippen molar-refractivity contribution in [1.29, 1.82) is 0 Å². The van der Waals surface area contributed by atoms with Crippen LogP contribution in [-0.2, 0) is 9.59 Å². The number of carbonyl (C=O) groups is 2. The summed E-state index contributed by atoms with van der Waals surface area (Å²) >= 11 is 1.61. The van der Waals surface area contributed by atoms with E-state index in [9.17, 15) is 9.59 Å². The average Bonchev–Trinajstić information content (AvgIpc) is 3.36. The molecule has 0 unspecified atom stereocenters. The third-order valence-corrected chi connectivity index (χ3v) is 6.24. The van der Waals surface area contributed by atoms with Gasteiger partial charge < -0.3 is 20.3 Å². The van der Waals surface area contributed by atoms with Crippen LogP contribution in [0.25, 0.3) is 0 Å². The molecule has 6 nitrogen and oxygen atoms in total. The van der Waals surface area contributed by atoms with Gasteiger partial charge in [-0.25, -0.2) is 0 Å². The molecule has 0 fully saturated rings. The summed E-state index contributed by atoms with van der Waals surface area (Å²) in [5.41, 5.74) is 1.84. The van der Waals surface area contributed by atoms with Crippen molar-refractivity contribution in [2.45, 2.75) is 25.5 Å². The normalized spacial score (nSPS) is 15.9. The number of nitrogens with one attached hydrogen (secondary N) is 2. The Balaban J connectivity index is 1.51. The van der Waals surface area contributed by atoms with Gasteiger partial charge in [0.15, 0.2) is 6.10 Å². The number of rotatable bonds is 8. The molecule has 2 aromatic carbocycles. The molecule has 0 bridgehead atoms. The molecule has 1 aliphatic rings. The van der Waals surface area contributed by atoms with Gasteiger partial charge in [0.25, 0.3) is 5.91 Å². The van der Waals surface area contributed by atoms with Gasteiger partial charge in [0.2, 0.25) is 5.91 Å². The van der Waals surface area contributed by atoms with Crippen molar-refractivity contribution in [2.24, 2.45) is 0 Å². The predicted molar refractivity (Wildman–Crippen MR) is 127 cm³/mol. The highest BCUT2D eigenvalue weighted by Crippen LogP contribution is 2.33. The molecule has 1 aromatic heterocycles. The second kappa shape index (κ2) is 10.3. The lowest BCUT2D eigenvalue weighted by Gasteiger charge is -2.35. The van der Waals surface area contributed by atoms with Crippen LogP contribution >= 0.6 is 11.3 Å². The summed E-state index contributed by atoms with van der Waals surface area (Å²) in [7, 11) is 0. The standard InChI is InChI=1S/C25H27N3O3S/c1-2-14-26-25(30)21-16-28(19-11-6-7-12-20(19)31-21)17-23(29)27-24(22-13-8-15-32-22)18-9-4-3-5-10-18/h3-13,15,21,24H,2,14,16-17H2,1H3,(H,26,30)(H,27,29)/t21-,24-/m1/s1. The summed E-state index contributed by atoms with van der Waals surface area (Å²) in [5.74, 6) is 0.338. The topological polar surface area (TPSA) is 70.7 Å². The summed E-state index contributed by atoms with van der Waals surface area (Å²) in [6, 6.07) is 21.3. The van der Waals surface area contributed by atoms with Crippen LogP contribution in [0.4, 0.5) is 5.69 Å². The third kappa shape index (κ3) is 5.11. The second-order valence-corrected chi connectivity index (χ2v) is 8.65. The van der Waals surface area contributed by atoms with E-state index in [1.807, 2.05) is 83.9 Å². The minimum atomic E-state index is -0.661. The molecule has 4 rings (SSSR count). The fraction of sp³-hybridized carbons (Fsp3) is 0.280. The number of amides is 2. The summed E-state index contributed by atoms with van der Waals surface area (Å²) in [5, 5.41) is 8.08. The maximum absolute atomic E-state index is 13.2. The predicted octanol–water partition coefficient (Wildman–Crippen LogP) is 3.75. The van der Waals surface area contributed by atoms with E-state index in [2.05, 4.69) is 10.6 Å². The Morgan fingerprint density at radius 1 is 1.09 bits per heavy atom. The molecule has 2 heterocycles. The van der Waals surface area contributed by atoms with Gasteiger partial charge in [-0.05, 0) is 35.6 Å². The van der Waals surface area contributed by atoms with Gasteiger partial charge in [0.1, 0.15) is 5.75 Å². The molecule has 0 aliphatic carbocycles. The Bertz CT molecular complexity index is 1040. The first kappa shape index (κ1) is 21.9. The van der Waals surface area contributed by atoms with E-state index < -0.39 is 6.10 Å². The van der Waals surface area contributed by atoms with Gasteiger partial charge in [0.05, 0.1) is 24.8 Å². The minimum absolute atomic E-state index is 0.114. The van der Waals surface area contributed by atoms with Gasteiger partial charge >= 0.3 is 0 Å². The van der Waals surface area contributed by atoms with Gasteiger partial charge in [-0.3, -0.25) is 9.59 Å². The number of ether oxygens (including phenoxy) is 1. The Kier molecular flexibility index (Phi) is 7.07. The monoisotopic (exact) mass is 449 g/mol. The van der Waals surface area contributed by atoms with Crippen LogP contribution < -0.4 is 20.3 Å². The lowest BCUT2D eigenvalue weighted by Crippen LogP contribution is -2.51. The van der Waals surface area contributed by atoms with E-state index in [4.69, 9.17) is 4.74 Å². The molecular weight excluding hydrogens is 422 g/mol. The van der Waals surface area contributed by atoms with Crippen LogP contribution in [0.5, 0.6) is 5.75 Å². The summed E-state index contributed by atoms with van der Waals surface area (Å²) in [6.07, 6.45) is 0.191. The first-order valence-corrected chi connectivity index (χ1v) is 11.7. The molecule has 1 aliphatic heterocycles. The molecule has 2 amide bonds. The van der Waals surface area contributed by atoms with E-state index in [-0.39, 0.29) is 24.4 Å². The van der Waals surface area contributed by atoms with Gasteiger partial charge in [-0.15, -0.1) is 11.3 Å². The summed E-state index contributed by atoms with van der Waals surface area (Å²) < 4.78 is 5.93. The number of nitrogens with zero attached hydrogens (tertiary/aromatic N) is 1. The highest BCUT2D eigenvalue weighted by Gasteiger charge is 2.31. The molecule has 0 spiro atoms. The molecule has 32 heavy (non-hydrogen) atoms. The smallest absolute Gasteiger partial charge is 0.262 e. The van der Waals surface area contributed by atoms with Gasteiger partial charge in [-0.2, -0.15) is 0 Å². The van der Waals surface area contributed by atoms with E-state index in [0.717, 1.165) is 22.5 Å². The van der Waals surface area contributed by atoms with Crippen LogP contribution in [0, 0.1) is 0 Å². The summed E-state index contributed by atoms with van der Waals surface area (Å²) in [6.45, 7) is 3.05. The van der Waals surface area contributed by atoms with Crippen molar-refractivity contribution >= 4 is 28.8 Å². The molecule has 3 aromatic rings. The van der Waals surface area contributed by atoms with Crippen LogP contribution in [0.2, 0.25) is 0 Å². The zero-order valence-electron chi connectivity index (χ0n) is 18.0. The van der Waals surface area contributed by atoms with Crippen LogP contribution in [0.1, 0.15) is 29.8 Å². The van der Waals surface area contributed by atoms with Crippen LogP contribution in [0.15, 0.2) is 72.1 Å².